The van der Waals surface area contributed by atoms with Crippen molar-refractivity contribution in [1.29, 1.82) is 0 Å². The number of aldehydes is 1. The molecule has 4 aliphatic heterocycles. The smallest absolute Gasteiger partial charge is 0.321 e. The largest absolute Gasteiger partial charge is 0.521 e. The Hall–Kier alpha value is 3.06. The third-order valence-electron chi connectivity index (χ3n) is 12.6. The van der Waals surface area contributed by atoms with Crippen LogP contribution in [0.4, 0.5) is 0 Å². The molecule has 0 aliphatic carbocycles. The van der Waals surface area contributed by atoms with Crippen LogP contribution >= 0.6 is 0 Å². The Balaban J connectivity index is -0.0000000526. The zero-order valence-corrected chi connectivity index (χ0v) is 65.8. The second kappa shape index (κ2) is 56.5. The normalized spacial score (nSPS) is 26.5. The topological polar surface area (TPSA) is 209 Å². The van der Waals surface area contributed by atoms with Crippen LogP contribution in [0.5, 0.6) is 0 Å². The van der Waals surface area contributed by atoms with Crippen LogP contribution in [0.3, 0.4) is 0 Å². The van der Waals surface area contributed by atoms with Gasteiger partial charge >= 0.3 is 5.97 Å². The van der Waals surface area contributed by atoms with E-state index in [2.05, 4.69) is 86.9 Å². The molecule has 10 unspecified atom stereocenters. The zero-order chi connectivity index (χ0) is 53.7. The van der Waals surface area contributed by atoms with E-state index in [0.29, 0.717) is 24.5 Å². The average Bonchev–Trinajstić information content (AvgIpc) is 3.88. The van der Waals surface area contributed by atoms with Gasteiger partial charge < -0.3 is 61.6 Å². The number of nitrogens with one attached hydrogen (secondary N) is 2. The number of carbonyl (C=O) groups is 7. The maximum atomic E-state index is 11.3. The summed E-state index contributed by atoms with van der Waals surface area (Å²) in [5.74, 6) is 2.78. The minimum atomic E-state index is -0.728. The molecule has 20 heteroatoms. The summed E-state index contributed by atoms with van der Waals surface area (Å²) in [6.07, 6.45) is 12.5. The molecular weight excluding hydrogens is 1390 g/mol. The number of aliphatic imine (C=N–C) groups is 1. The van der Waals surface area contributed by atoms with E-state index in [1.165, 1.54) is 32.6 Å². The van der Waals surface area contributed by atoms with E-state index in [9.17, 15) is 28.8 Å². The molecule has 10 atom stereocenters. The van der Waals surface area contributed by atoms with E-state index in [0.717, 1.165) is 25.5 Å². The molecule has 420 valence electrons. The zero-order valence-electron chi connectivity index (χ0n) is 48.8. The van der Waals surface area contributed by atoms with Crippen LogP contribution in [0.25, 0.3) is 0 Å². The van der Waals surface area contributed by atoms with Gasteiger partial charge in [-0.3, -0.25) is 58.8 Å². The van der Waals surface area contributed by atoms with Gasteiger partial charge in [-0.1, -0.05) is 42.5 Å². The van der Waals surface area contributed by atoms with Crippen LogP contribution < -0.4 is 16.4 Å². The molecule has 0 amide bonds. The molecule has 4 saturated heterocycles. The van der Waals surface area contributed by atoms with Crippen molar-refractivity contribution in [3.05, 3.63) is 50.5 Å². The number of likely N-dealkylation sites (N-methyl/N-ethyl adjacent to an activating group) is 2. The first-order valence-corrected chi connectivity index (χ1v) is 22.6. The Bertz CT molecular complexity index is 1530. The summed E-state index contributed by atoms with van der Waals surface area (Å²) in [6.45, 7) is 46.8. The summed E-state index contributed by atoms with van der Waals surface area (Å²) in [5.41, 5.74) is 3.59. The molecule has 74 heavy (non-hydrogen) atoms. The van der Waals surface area contributed by atoms with Crippen molar-refractivity contribution in [3.63, 3.8) is 0 Å². The van der Waals surface area contributed by atoms with Gasteiger partial charge in [-0.05, 0) is 110 Å². The number of nitrogens with zero attached hydrogens (tertiary/aromatic N) is 3. The number of hydrogen-bond donors (Lipinski definition) is 4. The summed E-state index contributed by atoms with van der Waals surface area (Å²) in [4.78, 5) is 81.6. The van der Waals surface area contributed by atoms with Crippen molar-refractivity contribution in [2.75, 3.05) is 14.1 Å². The molecule has 4 heterocycles. The van der Waals surface area contributed by atoms with Crippen molar-refractivity contribution >= 4 is 47.4 Å². The van der Waals surface area contributed by atoms with Gasteiger partial charge in [-0.2, -0.15) is 40.0 Å². The SMILES string of the molecule is C.C.C=[C-]C.CC(=O)C(C)N.CC(=O)C1(C)C[C-](C)C(C)N1.CC(=O)C1(C)C[CH-]C(C)N1.CC(=O)C1(C)C[CH-]C(C)N1C.CC=NC(C)C(C)=O.CC=O.C[C-]1CC(C)(C(=O)O)N(C)C1C.[CH-]=C.[Y].[Y].[Y].[Y].[Y].[Y]. The van der Waals surface area contributed by atoms with Crippen LogP contribution in [-0.4, -0.2) is 135 Å². The number of allylic oxidation sites excluding steroid dienone is 1. The number of ketones is 5. The number of aliphatic carboxylic acids is 1. The summed E-state index contributed by atoms with van der Waals surface area (Å²) in [5, 5.41) is 15.5. The average molecular weight is 1500 g/mol. The van der Waals surface area contributed by atoms with Crippen LogP contribution in [0.2, 0.25) is 0 Å². The molecule has 0 spiro atoms. The molecule has 5 N–H and O–H groups in total. The third kappa shape index (κ3) is 42.8. The predicted molar refractivity (Wildman–Crippen MR) is 286 cm³/mol. The van der Waals surface area contributed by atoms with E-state index in [-0.39, 0.29) is 275 Å². The van der Waals surface area contributed by atoms with Crippen LogP contribution in [0.1, 0.15) is 179 Å². The first kappa shape index (κ1) is 109. The number of carboxylic acids is 1. The van der Waals surface area contributed by atoms with Crippen LogP contribution in [-0.2, 0) is 230 Å². The molecule has 4 aliphatic rings. The molecular formula is C54H102N6O8Y6-6. The number of hydrogen-bond acceptors (Lipinski definition) is 13. The fourth-order valence-corrected chi connectivity index (χ4v) is 6.54. The number of likely N-dealkylation sites (tertiary alicyclic amines) is 2. The predicted octanol–water partition coefficient (Wildman–Crippen LogP) is 8.68. The summed E-state index contributed by atoms with van der Waals surface area (Å²) in [6, 6.07) is 1.05. The Morgan fingerprint density at radius 2 is 1.12 bits per heavy atom. The number of rotatable bonds is 7. The molecule has 0 saturated carbocycles. The van der Waals surface area contributed by atoms with Gasteiger partial charge in [-0.15, -0.1) is 30.6 Å². The quantitative estimate of drug-likeness (QED) is 0.107. The molecule has 0 aromatic carbocycles. The summed E-state index contributed by atoms with van der Waals surface area (Å²) < 4.78 is 0. The first-order valence-electron chi connectivity index (χ1n) is 22.6. The van der Waals surface area contributed by atoms with E-state index in [1.54, 1.807) is 61.6 Å². The fourth-order valence-electron chi connectivity index (χ4n) is 6.54. The molecule has 0 aromatic heterocycles. The van der Waals surface area contributed by atoms with Gasteiger partial charge in [0.1, 0.15) is 35.5 Å². The Morgan fingerprint density at radius 1 is 0.743 bits per heavy atom. The standard InChI is InChI=1S/C9H16NO2.2C9H16NO.C8H14NO.C6H11NO.C4H9NO.C3H5.C2H4O.C2H3.2CH4.6Y/c1-6-5-9(3,8(11)12)10(4)7(6)2;1-7-5-6-9(3,8(2)11)10(7)4;1-6-5-9(4,8(3)11)10-7(6)2;1-6-4-5-8(3,9-6)7(2)10;1-4-7-5(2)6(3)8;1-3(5)4(2)6;1-3-2;1-2-3;1-2;;;;;;;;/h7H,5H2,1-4H3,(H,11,12);5,7H,6H2,1-4H3;7,10H,5H2,1-4H3;4,6,9H,5H2,1-3H3;4-5H,1-3H3;3H,5H2,1-2H3;1H2,2H3;2H,1H3;1H,2H2;2*1H4;;;;;;/q4*-1;;;-1;;-1;;;;;;;;. The maximum absolute atomic E-state index is 11.3. The molecule has 6 radical (unpaired) electrons. The Morgan fingerprint density at radius 3 is 1.24 bits per heavy atom. The van der Waals surface area contributed by atoms with E-state index < -0.39 is 11.5 Å². The number of carboxylic acid groups (broad SMARTS) is 1. The molecule has 14 nitrogen and oxygen atoms in total. The van der Waals surface area contributed by atoms with Crippen LogP contribution in [0, 0.1) is 37.3 Å². The molecule has 4 rings (SSSR count). The van der Waals surface area contributed by atoms with Gasteiger partial charge in [0.15, 0.2) is 5.78 Å². The van der Waals surface area contributed by atoms with Crippen molar-refractivity contribution in [1.82, 2.24) is 20.4 Å². The van der Waals surface area contributed by atoms with Gasteiger partial charge in [-0.25, -0.2) is 0 Å². The van der Waals surface area contributed by atoms with Crippen LogP contribution in [0.15, 0.2) is 18.2 Å². The molecule has 4 fully saturated rings. The second-order valence-corrected chi connectivity index (χ2v) is 18.2. The van der Waals surface area contributed by atoms with E-state index in [4.69, 9.17) is 15.6 Å². The van der Waals surface area contributed by atoms with Gasteiger partial charge in [0.25, 0.3) is 0 Å². The number of nitrogens with two attached hydrogens (primary N) is 1. The first-order chi connectivity index (χ1) is 30.0. The Labute approximate surface area is 606 Å². The number of carbonyl (C=O) groups excluding carboxylic acids is 6. The maximum Gasteiger partial charge on any atom is 0.321 e. The molecule has 0 bridgehead atoms. The van der Waals surface area contributed by atoms with Crippen molar-refractivity contribution < 1.29 is 235 Å². The molecule has 0 aromatic rings. The van der Waals surface area contributed by atoms with Gasteiger partial charge in [0.2, 0.25) is 0 Å². The third-order valence-corrected chi connectivity index (χ3v) is 12.6. The minimum absolute atomic E-state index is 0. The van der Waals surface area contributed by atoms with E-state index in [1.807, 2.05) is 53.6 Å². The fraction of sp³-hybridized carbons (Fsp3) is 0.704. The summed E-state index contributed by atoms with van der Waals surface area (Å²) >= 11 is 0. The Kier molecular flexibility index (Phi) is 83.0. The second-order valence-electron chi connectivity index (χ2n) is 18.2. The van der Waals surface area contributed by atoms with Gasteiger partial charge in [0.05, 0.1) is 11.6 Å². The van der Waals surface area contributed by atoms with E-state index >= 15 is 0 Å². The van der Waals surface area contributed by atoms with Crippen molar-refractivity contribution in [3.8, 4) is 0 Å². The van der Waals surface area contributed by atoms with Gasteiger partial charge in [0, 0.05) is 213 Å². The monoisotopic (exact) mass is 1500 g/mol. The van der Waals surface area contributed by atoms with Crippen molar-refractivity contribution in [2.45, 2.75) is 237 Å². The minimum Gasteiger partial charge on any atom is -0.521 e. The summed E-state index contributed by atoms with van der Waals surface area (Å²) in [7, 11) is 3.88. The van der Waals surface area contributed by atoms with Crippen molar-refractivity contribution in [2.24, 2.45) is 10.7 Å². The number of Topliss-reactive ketones (excluding diaryl/α,β-unsaturated/α-hetero) is 5.